The normalized spacial score (nSPS) is 10.7. The highest BCUT2D eigenvalue weighted by Gasteiger charge is 2.20. The van der Waals surface area contributed by atoms with E-state index in [4.69, 9.17) is 39.5 Å². The quantitative estimate of drug-likeness (QED) is 0.226. The van der Waals surface area contributed by atoms with Gasteiger partial charge in [-0.05, 0) is 35.9 Å². The van der Waals surface area contributed by atoms with Gasteiger partial charge in [-0.3, -0.25) is 19.7 Å². The van der Waals surface area contributed by atoms with Crippen LogP contribution in [0, 0.1) is 10.1 Å². The second kappa shape index (κ2) is 10.5. The summed E-state index contributed by atoms with van der Waals surface area (Å²) in [5.74, 6) is -0.872. The lowest BCUT2D eigenvalue weighted by Crippen LogP contribution is -2.25. The van der Waals surface area contributed by atoms with Gasteiger partial charge < -0.3 is 15.2 Å². The van der Waals surface area contributed by atoms with E-state index in [1.54, 1.807) is 0 Å². The highest BCUT2D eigenvalue weighted by atomic mass is 35.5. The summed E-state index contributed by atoms with van der Waals surface area (Å²) < 4.78 is 6.04. The number of methoxy groups -OCH3 is 1. The molecule has 0 saturated carbocycles. The fraction of sp³-hybridized carbons (Fsp3) is 0.0417. The number of hydrogen-bond acceptors (Lipinski definition) is 7. The average Bonchev–Trinajstić information content (AvgIpc) is 2.85. The van der Waals surface area contributed by atoms with E-state index in [-0.39, 0.29) is 54.9 Å². The number of rotatable bonds is 6. The zero-order valence-corrected chi connectivity index (χ0v) is 21.0. The number of carbonyl (C=O) groups excluding carboxylic acids is 1. The Balaban J connectivity index is 1.91. The van der Waals surface area contributed by atoms with Crippen LogP contribution in [0.3, 0.4) is 0 Å². The van der Waals surface area contributed by atoms with Crippen molar-refractivity contribution in [3.63, 3.8) is 0 Å². The standard InChI is InChI=1S/C24H15Cl3N4O6/c1-37-20-8-12(5-6-19(20)32)16-11-21(33)30(22-17(26)9-14(25)10-18(22)27)29-23(16)28-24(34)13-3-2-4-15(7-13)31(35)36/h2-11,32H,1H3,(H,28,29,34). The number of nitro benzene ring substituents is 1. The SMILES string of the molecule is COc1cc(-c2cc(=O)n(-c3c(Cl)cc(Cl)cc3Cl)nc2NC(=O)c2cccc([N+](=O)[O-])c2)ccc1O. The molecule has 1 aromatic heterocycles. The predicted molar refractivity (Wildman–Crippen MR) is 140 cm³/mol. The number of amides is 1. The van der Waals surface area contributed by atoms with Crippen LogP contribution < -0.4 is 15.6 Å². The lowest BCUT2D eigenvalue weighted by molar-refractivity contribution is -0.384. The number of anilines is 1. The zero-order valence-electron chi connectivity index (χ0n) is 18.7. The number of aromatic nitrogens is 2. The first-order chi connectivity index (χ1) is 17.6. The summed E-state index contributed by atoms with van der Waals surface area (Å²) >= 11 is 18.6. The Morgan fingerprint density at radius 2 is 1.78 bits per heavy atom. The number of benzene rings is 3. The largest absolute Gasteiger partial charge is 0.504 e. The molecular formula is C24H15Cl3N4O6. The molecule has 0 aliphatic heterocycles. The summed E-state index contributed by atoms with van der Waals surface area (Å²) in [6.07, 6.45) is 0. The van der Waals surface area contributed by atoms with Crippen molar-refractivity contribution in [2.45, 2.75) is 0 Å². The van der Waals surface area contributed by atoms with E-state index in [0.717, 1.165) is 10.7 Å². The van der Waals surface area contributed by atoms with Crippen LogP contribution in [0.5, 0.6) is 11.5 Å². The van der Waals surface area contributed by atoms with Crippen LogP contribution in [0.4, 0.5) is 11.5 Å². The number of carbonyl (C=O) groups is 1. The molecule has 3 aromatic carbocycles. The van der Waals surface area contributed by atoms with Crippen molar-refractivity contribution in [3.05, 3.63) is 102 Å². The smallest absolute Gasteiger partial charge is 0.272 e. The predicted octanol–water partition coefficient (Wildman–Crippen LogP) is 5.73. The summed E-state index contributed by atoms with van der Waals surface area (Å²) in [6, 6.07) is 13.3. The molecule has 4 rings (SSSR count). The molecule has 1 heterocycles. The molecule has 0 aliphatic carbocycles. The number of phenolic OH excluding ortho intramolecular Hbond substituents is 1. The summed E-state index contributed by atoms with van der Waals surface area (Å²) in [7, 11) is 1.35. The minimum absolute atomic E-state index is 0.0226. The molecule has 0 atom stereocenters. The van der Waals surface area contributed by atoms with Crippen molar-refractivity contribution in [2.24, 2.45) is 0 Å². The molecule has 0 bridgehead atoms. The monoisotopic (exact) mass is 560 g/mol. The van der Waals surface area contributed by atoms with Crippen LogP contribution in [-0.4, -0.2) is 32.8 Å². The summed E-state index contributed by atoms with van der Waals surface area (Å²) in [6.45, 7) is 0. The van der Waals surface area contributed by atoms with Gasteiger partial charge in [0.05, 0.1) is 22.1 Å². The number of phenols is 1. The highest BCUT2D eigenvalue weighted by Crippen LogP contribution is 2.35. The average molecular weight is 562 g/mol. The van der Waals surface area contributed by atoms with Crippen LogP contribution in [0.15, 0.2) is 65.5 Å². The summed E-state index contributed by atoms with van der Waals surface area (Å²) in [4.78, 5) is 36.7. The molecule has 0 unspecified atom stereocenters. The van der Waals surface area contributed by atoms with Crippen molar-refractivity contribution in [1.29, 1.82) is 0 Å². The van der Waals surface area contributed by atoms with Crippen LogP contribution in [0.1, 0.15) is 10.4 Å². The Morgan fingerprint density at radius 3 is 2.43 bits per heavy atom. The molecular weight excluding hydrogens is 547 g/mol. The van der Waals surface area contributed by atoms with Crippen LogP contribution in [0.2, 0.25) is 15.1 Å². The fourth-order valence-electron chi connectivity index (χ4n) is 3.45. The van der Waals surface area contributed by atoms with Crippen LogP contribution in [0.25, 0.3) is 16.8 Å². The first kappa shape index (κ1) is 26.0. The van der Waals surface area contributed by atoms with E-state index in [9.17, 15) is 24.8 Å². The maximum Gasteiger partial charge on any atom is 0.272 e. The number of non-ortho nitro benzene ring substituents is 1. The number of aromatic hydroxyl groups is 1. The Kier molecular flexibility index (Phi) is 7.35. The van der Waals surface area contributed by atoms with Crippen LogP contribution >= 0.6 is 34.8 Å². The minimum Gasteiger partial charge on any atom is -0.504 e. The molecule has 37 heavy (non-hydrogen) atoms. The maximum atomic E-state index is 13.1. The Bertz CT molecular complexity index is 1600. The lowest BCUT2D eigenvalue weighted by atomic mass is 10.1. The topological polar surface area (TPSA) is 137 Å². The maximum absolute atomic E-state index is 13.1. The van der Waals surface area contributed by atoms with E-state index in [0.29, 0.717) is 5.56 Å². The van der Waals surface area contributed by atoms with Crippen molar-refractivity contribution in [3.8, 4) is 28.3 Å². The third-order valence-electron chi connectivity index (χ3n) is 5.17. The van der Waals surface area contributed by atoms with Gasteiger partial charge in [0.25, 0.3) is 17.2 Å². The van der Waals surface area contributed by atoms with E-state index < -0.39 is 16.4 Å². The Hall–Kier alpha value is -4.12. The van der Waals surface area contributed by atoms with Gasteiger partial charge in [-0.25, -0.2) is 0 Å². The second-order valence-electron chi connectivity index (χ2n) is 7.52. The number of ether oxygens (including phenoxy) is 1. The molecule has 0 fully saturated rings. The Labute approximate surface area is 223 Å². The molecule has 1 amide bonds. The third kappa shape index (κ3) is 5.36. The van der Waals surface area contributed by atoms with Gasteiger partial charge in [0, 0.05) is 34.3 Å². The minimum atomic E-state index is -0.735. The first-order valence-corrected chi connectivity index (χ1v) is 11.4. The van der Waals surface area contributed by atoms with Gasteiger partial charge in [-0.1, -0.05) is 46.9 Å². The number of nitrogens with zero attached hydrogens (tertiary/aromatic N) is 3. The second-order valence-corrected chi connectivity index (χ2v) is 8.77. The number of nitrogens with one attached hydrogen (secondary N) is 1. The summed E-state index contributed by atoms with van der Waals surface area (Å²) in [5, 5.41) is 28.3. The Morgan fingerprint density at radius 1 is 1.08 bits per heavy atom. The molecule has 13 heteroatoms. The highest BCUT2D eigenvalue weighted by molar-refractivity contribution is 6.40. The fourth-order valence-corrected chi connectivity index (χ4v) is 4.43. The van der Waals surface area contributed by atoms with Crippen LogP contribution in [-0.2, 0) is 0 Å². The number of hydrogen-bond donors (Lipinski definition) is 2. The van der Waals surface area contributed by atoms with Gasteiger partial charge in [0.1, 0.15) is 5.69 Å². The molecule has 4 aromatic rings. The zero-order chi connectivity index (χ0) is 26.9. The molecule has 0 saturated heterocycles. The van der Waals surface area contributed by atoms with E-state index in [2.05, 4.69) is 10.4 Å². The third-order valence-corrected chi connectivity index (χ3v) is 5.96. The lowest BCUT2D eigenvalue weighted by Gasteiger charge is -2.16. The number of nitro groups is 1. The molecule has 2 N–H and O–H groups in total. The van der Waals surface area contributed by atoms with E-state index in [1.807, 2.05) is 0 Å². The molecule has 10 nitrogen and oxygen atoms in total. The first-order valence-electron chi connectivity index (χ1n) is 10.3. The number of halogens is 3. The van der Waals surface area contributed by atoms with Gasteiger partial charge in [-0.15, -0.1) is 5.10 Å². The van der Waals surface area contributed by atoms with Crippen molar-refractivity contribution < 1.29 is 19.6 Å². The van der Waals surface area contributed by atoms with Gasteiger partial charge >= 0.3 is 0 Å². The molecule has 188 valence electrons. The van der Waals surface area contributed by atoms with Gasteiger partial charge in [0.15, 0.2) is 17.3 Å². The molecule has 0 aliphatic rings. The van der Waals surface area contributed by atoms with Crippen molar-refractivity contribution in [2.75, 3.05) is 12.4 Å². The van der Waals surface area contributed by atoms with Gasteiger partial charge in [0.2, 0.25) is 0 Å². The molecule has 0 spiro atoms. The van der Waals surface area contributed by atoms with E-state index in [1.165, 1.54) is 61.7 Å². The van der Waals surface area contributed by atoms with Crippen molar-refractivity contribution in [1.82, 2.24) is 9.78 Å². The van der Waals surface area contributed by atoms with Gasteiger partial charge in [-0.2, -0.15) is 4.68 Å². The summed E-state index contributed by atoms with van der Waals surface area (Å²) in [5.41, 5.74) is -0.396. The molecule has 0 radical (unpaired) electrons. The van der Waals surface area contributed by atoms with Crippen molar-refractivity contribution >= 4 is 52.2 Å². The van der Waals surface area contributed by atoms with E-state index >= 15 is 0 Å².